The Balaban J connectivity index is 1.66. The van der Waals surface area contributed by atoms with Crippen LogP contribution in [-0.4, -0.2) is 34.6 Å². The van der Waals surface area contributed by atoms with Gasteiger partial charge in [0.2, 0.25) is 16.9 Å². The molecule has 32 heavy (non-hydrogen) atoms. The van der Waals surface area contributed by atoms with Gasteiger partial charge in [0, 0.05) is 23.4 Å². The highest BCUT2D eigenvalue weighted by Crippen LogP contribution is 2.27. The number of aromatic nitrogens is 2. The zero-order chi connectivity index (χ0) is 22.8. The largest absolute Gasteiger partial charge is 0.344 e. The third kappa shape index (κ3) is 7.40. The molecule has 1 heterocycles. The van der Waals surface area contributed by atoms with E-state index in [0.717, 1.165) is 30.4 Å². The lowest BCUT2D eigenvalue weighted by Crippen LogP contribution is -2.45. The summed E-state index contributed by atoms with van der Waals surface area (Å²) in [6, 6.07) is 16.1. The molecule has 3 rings (SSSR count). The van der Waals surface area contributed by atoms with Crippen molar-refractivity contribution in [2.45, 2.75) is 38.1 Å². The number of hydrogen-bond acceptors (Lipinski definition) is 6. The van der Waals surface area contributed by atoms with E-state index < -0.39 is 6.04 Å². The summed E-state index contributed by atoms with van der Waals surface area (Å²) < 4.78 is 0. The topological polar surface area (TPSA) is 110 Å². The van der Waals surface area contributed by atoms with Crippen LogP contribution in [0.1, 0.15) is 31.2 Å². The quantitative estimate of drug-likeness (QED) is 0.365. The van der Waals surface area contributed by atoms with Crippen LogP contribution in [0.3, 0.4) is 0 Å². The van der Waals surface area contributed by atoms with E-state index >= 15 is 0 Å². The Morgan fingerprint density at radius 1 is 1.00 bits per heavy atom. The Bertz CT molecular complexity index is 1010. The Hall–Kier alpha value is -2.81. The lowest BCUT2D eigenvalue weighted by molar-refractivity contribution is -0.126. The monoisotopic (exact) mass is 471 g/mol. The van der Waals surface area contributed by atoms with Crippen LogP contribution in [-0.2, 0) is 16.0 Å². The summed E-state index contributed by atoms with van der Waals surface area (Å²) in [7, 11) is 0. The average molecular weight is 472 g/mol. The molecular formula is C23H26ClN5O2S. The molecule has 2 amide bonds. The van der Waals surface area contributed by atoms with E-state index in [9.17, 15) is 9.59 Å². The Labute approximate surface area is 196 Å². The number of hydrogen-bond donors (Lipinski definition) is 3. The van der Waals surface area contributed by atoms with Crippen molar-refractivity contribution >= 4 is 39.9 Å². The SMILES string of the molecule is NCCCCCC(=O)NC(Cc1ccccc1)C(=O)Nc1nnc(-c2ccc(Cl)cc2)s1. The first kappa shape index (κ1) is 23.8. The molecular weight excluding hydrogens is 446 g/mol. The van der Waals surface area contributed by atoms with Crippen molar-refractivity contribution in [3.05, 3.63) is 65.2 Å². The van der Waals surface area contributed by atoms with Gasteiger partial charge in [-0.3, -0.25) is 14.9 Å². The van der Waals surface area contributed by atoms with Crippen molar-refractivity contribution < 1.29 is 9.59 Å². The fourth-order valence-electron chi connectivity index (χ4n) is 3.11. The summed E-state index contributed by atoms with van der Waals surface area (Å²) in [5.74, 6) is -0.486. The number of carbonyl (C=O) groups is 2. The van der Waals surface area contributed by atoms with E-state index in [2.05, 4.69) is 20.8 Å². The van der Waals surface area contributed by atoms with Crippen molar-refractivity contribution in [1.82, 2.24) is 15.5 Å². The standard InChI is InChI=1S/C23H26ClN5O2S/c24-18-12-10-17(11-13-18)22-28-29-23(32-22)27-21(31)19(15-16-7-3-1-4-8-16)26-20(30)9-5-2-6-14-25/h1,3-4,7-8,10-13,19H,2,5-6,9,14-15,25H2,(H,26,30)(H,27,29,31). The van der Waals surface area contributed by atoms with Crippen molar-refractivity contribution in [3.63, 3.8) is 0 Å². The first-order valence-corrected chi connectivity index (χ1v) is 11.7. The number of nitrogens with one attached hydrogen (secondary N) is 2. The number of nitrogens with two attached hydrogens (primary N) is 1. The van der Waals surface area contributed by atoms with Gasteiger partial charge >= 0.3 is 0 Å². The third-order valence-corrected chi connectivity index (χ3v) is 5.93. The highest BCUT2D eigenvalue weighted by atomic mass is 35.5. The van der Waals surface area contributed by atoms with E-state index in [0.29, 0.717) is 34.5 Å². The Kier molecular flexibility index (Phi) is 9.15. The van der Waals surface area contributed by atoms with Gasteiger partial charge in [0.05, 0.1) is 0 Å². The summed E-state index contributed by atoms with van der Waals surface area (Å²) in [6.07, 6.45) is 3.25. The molecule has 0 spiro atoms. The molecule has 168 valence electrons. The minimum Gasteiger partial charge on any atom is -0.344 e. The van der Waals surface area contributed by atoms with E-state index in [1.807, 2.05) is 42.5 Å². The predicted octanol–water partition coefficient (Wildman–Crippen LogP) is 4.04. The first-order valence-electron chi connectivity index (χ1n) is 10.5. The predicted molar refractivity (Wildman–Crippen MR) is 129 cm³/mol. The molecule has 0 aliphatic carbocycles. The van der Waals surface area contributed by atoms with Gasteiger partial charge in [-0.1, -0.05) is 71.8 Å². The van der Waals surface area contributed by atoms with Crippen LogP contribution in [0.2, 0.25) is 5.02 Å². The second-order valence-electron chi connectivity index (χ2n) is 7.32. The first-order chi connectivity index (χ1) is 15.5. The molecule has 4 N–H and O–H groups in total. The smallest absolute Gasteiger partial charge is 0.249 e. The third-order valence-electron chi connectivity index (χ3n) is 4.79. The number of anilines is 1. The zero-order valence-corrected chi connectivity index (χ0v) is 19.2. The maximum atomic E-state index is 13.0. The molecule has 1 aromatic heterocycles. The number of amides is 2. The summed E-state index contributed by atoms with van der Waals surface area (Å²) >= 11 is 7.19. The molecule has 3 aromatic rings. The van der Waals surface area contributed by atoms with Crippen LogP contribution >= 0.6 is 22.9 Å². The molecule has 7 nitrogen and oxygen atoms in total. The van der Waals surface area contributed by atoms with Crippen LogP contribution in [0.25, 0.3) is 10.6 Å². The number of halogens is 1. The molecule has 9 heteroatoms. The minimum absolute atomic E-state index is 0.155. The van der Waals surface area contributed by atoms with Gasteiger partial charge in [-0.25, -0.2) is 0 Å². The highest BCUT2D eigenvalue weighted by molar-refractivity contribution is 7.18. The molecule has 0 fully saturated rings. The number of rotatable bonds is 11. The number of carbonyl (C=O) groups excluding carboxylic acids is 2. The van der Waals surface area contributed by atoms with Crippen LogP contribution in [0, 0.1) is 0 Å². The summed E-state index contributed by atoms with van der Waals surface area (Å²) in [5, 5.41) is 15.5. The highest BCUT2D eigenvalue weighted by Gasteiger charge is 2.22. The summed E-state index contributed by atoms with van der Waals surface area (Å²) in [6.45, 7) is 0.612. The second-order valence-corrected chi connectivity index (χ2v) is 8.73. The molecule has 0 saturated heterocycles. The average Bonchev–Trinajstić information content (AvgIpc) is 3.26. The zero-order valence-electron chi connectivity index (χ0n) is 17.6. The van der Waals surface area contributed by atoms with E-state index in [1.165, 1.54) is 11.3 Å². The number of benzene rings is 2. The van der Waals surface area contributed by atoms with Gasteiger partial charge in [-0.2, -0.15) is 0 Å². The van der Waals surface area contributed by atoms with Gasteiger partial charge in [0.1, 0.15) is 11.0 Å². The Morgan fingerprint density at radius 2 is 1.75 bits per heavy atom. The van der Waals surface area contributed by atoms with Crippen LogP contribution < -0.4 is 16.4 Å². The number of unbranched alkanes of at least 4 members (excludes halogenated alkanes) is 2. The van der Waals surface area contributed by atoms with Crippen molar-refractivity contribution in [2.24, 2.45) is 5.73 Å². The van der Waals surface area contributed by atoms with Crippen LogP contribution in [0.15, 0.2) is 54.6 Å². The molecule has 0 saturated carbocycles. The fourth-order valence-corrected chi connectivity index (χ4v) is 3.99. The van der Waals surface area contributed by atoms with Gasteiger partial charge in [-0.05, 0) is 37.1 Å². The van der Waals surface area contributed by atoms with Crippen molar-refractivity contribution in [3.8, 4) is 10.6 Å². The van der Waals surface area contributed by atoms with Gasteiger partial charge in [0.15, 0.2) is 0 Å². The van der Waals surface area contributed by atoms with Crippen LogP contribution in [0.5, 0.6) is 0 Å². The second kappa shape index (κ2) is 12.3. The molecule has 0 aliphatic heterocycles. The maximum absolute atomic E-state index is 13.0. The van der Waals surface area contributed by atoms with E-state index in [4.69, 9.17) is 17.3 Å². The molecule has 1 atom stereocenters. The van der Waals surface area contributed by atoms with Gasteiger partial charge in [0.25, 0.3) is 0 Å². The number of nitrogens with zero attached hydrogens (tertiary/aromatic N) is 2. The molecule has 2 aromatic carbocycles. The lowest BCUT2D eigenvalue weighted by atomic mass is 10.0. The van der Waals surface area contributed by atoms with E-state index in [1.54, 1.807) is 12.1 Å². The lowest BCUT2D eigenvalue weighted by Gasteiger charge is -2.18. The molecule has 0 aliphatic rings. The van der Waals surface area contributed by atoms with Crippen LogP contribution in [0.4, 0.5) is 5.13 Å². The fraction of sp³-hybridized carbons (Fsp3) is 0.304. The summed E-state index contributed by atoms with van der Waals surface area (Å²) in [5.41, 5.74) is 7.32. The van der Waals surface area contributed by atoms with E-state index in [-0.39, 0.29) is 11.8 Å². The molecule has 0 bridgehead atoms. The molecule has 1 unspecified atom stereocenters. The normalized spacial score (nSPS) is 11.7. The Morgan fingerprint density at radius 3 is 2.47 bits per heavy atom. The van der Waals surface area contributed by atoms with Gasteiger partial charge in [-0.15, -0.1) is 10.2 Å². The minimum atomic E-state index is -0.720. The van der Waals surface area contributed by atoms with Crippen molar-refractivity contribution in [2.75, 3.05) is 11.9 Å². The molecule has 0 radical (unpaired) electrons. The maximum Gasteiger partial charge on any atom is 0.249 e. The van der Waals surface area contributed by atoms with Crippen molar-refractivity contribution in [1.29, 1.82) is 0 Å². The van der Waals surface area contributed by atoms with Gasteiger partial charge < -0.3 is 11.1 Å². The summed E-state index contributed by atoms with van der Waals surface area (Å²) in [4.78, 5) is 25.4.